The van der Waals surface area contributed by atoms with Gasteiger partial charge in [-0.1, -0.05) is 5.21 Å². The van der Waals surface area contributed by atoms with Gasteiger partial charge in [0.1, 0.15) is 11.4 Å². The summed E-state index contributed by atoms with van der Waals surface area (Å²) < 4.78 is 3.78. The highest BCUT2D eigenvalue weighted by molar-refractivity contribution is 5.57. The van der Waals surface area contributed by atoms with Crippen LogP contribution in [0.5, 0.6) is 0 Å². The van der Waals surface area contributed by atoms with Crippen molar-refractivity contribution in [2.45, 2.75) is 26.4 Å². The van der Waals surface area contributed by atoms with Crippen molar-refractivity contribution in [1.82, 2.24) is 30.1 Å². The van der Waals surface area contributed by atoms with Crippen LogP contribution in [0.25, 0.3) is 11.4 Å². The molecule has 2 heterocycles. The maximum Gasteiger partial charge on any atom is 0.111 e. The van der Waals surface area contributed by atoms with E-state index in [4.69, 9.17) is 0 Å². The minimum Gasteiger partial charge on any atom is -0.314 e. The van der Waals surface area contributed by atoms with Crippen LogP contribution in [0, 0.1) is 0 Å². The van der Waals surface area contributed by atoms with Gasteiger partial charge in [0.25, 0.3) is 0 Å². The van der Waals surface area contributed by atoms with E-state index >= 15 is 0 Å². The van der Waals surface area contributed by atoms with E-state index in [-0.39, 0.29) is 6.04 Å². The van der Waals surface area contributed by atoms with Crippen molar-refractivity contribution in [2.24, 2.45) is 7.05 Å². The van der Waals surface area contributed by atoms with E-state index in [2.05, 4.69) is 34.6 Å². The maximum atomic E-state index is 4.23. The topological polar surface area (TPSA) is 60.6 Å². The summed E-state index contributed by atoms with van der Waals surface area (Å²) in [4.78, 5) is 0. The lowest BCUT2D eigenvalue weighted by atomic mass is 10.2. The molecular weight excluding hydrogens is 216 g/mol. The highest BCUT2D eigenvalue weighted by atomic mass is 15.5. The minimum atomic E-state index is 0.276. The molecule has 2 aromatic heterocycles. The summed E-state index contributed by atoms with van der Waals surface area (Å²) in [6, 6.07) is 2.26. The molecule has 0 amide bonds. The van der Waals surface area contributed by atoms with Gasteiger partial charge in [0.05, 0.1) is 5.69 Å². The molecule has 0 atom stereocenters. The summed E-state index contributed by atoms with van der Waals surface area (Å²) in [5.41, 5.74) is 3.02. The van der Waals surface area contributed by atoms with E-state index in [1.165, 1.54) is 0 Å². The fourth-order valence-corrected chi connectivity index (χ4v) is 1.85. The predicted octanol–water partition coefficient (Wildman–Crippen LogP) is 0.979. The van der Waals surface area contributed by atoms with Crippen LogP contribution in [-0.2, 0) is 13.6 Å². The fraction of sp³-hybridized carbons (Fsp3) is 0.545. The van der Waals surface area contributed by atoms with E-state index in [1.807, 2.05) is 29.5 Å². The molecule has 1 N–H and O–H groups in total. The zero-order valence-corrected chi connectivity index (χ0v) is 10.7. The summed E-state index contributed by atoms with van der Waals surface area (Å²) >= 11 is 0. The standard InChI is InChI=1S/C11H18N6/c1-8(2)17-11(9(7-12-3)14-15-17)10-5-6-13-16(10)4/h5-6,8,12H,7H2,1-4H3. The number of hydrogen-bond acceptors (Lipinski definition) is 4. The molecule has 2 aromatic rings. The van der Waals surface area contributed by atoms with Gasteiger partial charge in [0, 0.05) is 25.8 Å². The monoisotopic (exact) mass is 234 g/mol. The van der Waals surface area contributed by atoms with E-state index < -0.39 is 0 Å². The number of aryl methyl sites for hydroxylation is 1. The zero-order chi connectivity index (χ0) is 12.4. The molecule has 6 nitrogen and oxygen atoms in total. The van der Waals surface area contributed by atoms with Crippen LogP contribution in [0.1, 0.15) is 25.6 Å². The van der Waals surface area contributed by atoms with Gasteiger partial charge in [-0.05, 0) is 27.0 Å². The van der Waals surface area contributed by atoms with Gasteiger partial charge >= 0.3 is 0 Å². The van der Waals surface area contributed by atoms with E-state index in [0.29, 0.717) is 6.54 Å². The van der Waals surface area contributed by atoms with Crippen LogP contribution in [0.2, 0.25) is 0 Å². The summed E-state index contributed by atoms with van der Waals surface area (Å²) in [6.07, 6.45) is 1.79. The first-order valence-electron chi connectivity index (χ1n) is 5.72. The van der Waals surface area contributed by atoms with Gasteiger partial charge in [0.15, 0.2) is 0 Å². The van der Waals surface area contributed by atoms with Crippen molar-refractivity contribution in [3.63, 3.8) is 0 Å². The predicted molar refractivity (Wildman–Crippen MR) is 65.4 cm³/mol. The Bertz CT molecular complexity index is 496. The molecule has 0 aliphatic carbocycles. The SMILES string of the molecule is CNCc1nnn(C(C)C)c1-c1ccnn1C. The van der Waals surface area contributed by atoms with Gasteiger partial charge in [-0.2, -0.15) is 5.10 Å². The second-order valence-corrected chi connectivity index (χ2v) is 4.29. The van der Waals surface area contributed by atoms with Crippen molar-refractivity contribution in [2.75, 3.05) is 7.05 Å². The molecule has 0 aliphatic heterocycles. The molecule has 6 heteroatoms. The van der Waals surface area contributed by atoms with Crippen LogP contribution in [0.3, 0.4) is 0 Å². The van der Waals surface area contributed by atoms with E-state index in [0.717, 1.165) is 17.1 Å². The smallest absolute Gasteiger partial charge is 0.111 e. The van der Waals surface area contributed by atoms with E-state index in [1.54, 1.807) is 6.20 Å². The lowest BCUT2D eigenvalue weighted by Gasteiger charge is -2.11. The molecule has 0 fully saturated rings. The van der Waals surface area contributed by atoms with Gasteiger partial charge in [-0.15, -0.1) is 5.10 Å². The Kier molecular flexibility index (Phi) is 3.23. The van der Waals surface area contributed by atoms with Crippen LogP contribution in [0.4, 0.5) is 0 Å². The zero-order valence-electron chi connectivity index (χ0n) is 10.7. The number of aromatic nitrogens is 5. The third kappa shape index (κ3) is 2.08. The van der Waals surface area contributed by atoms with Crippen LogP contribution in [-0.4, -0.2) is 31.8 Å². The Balaban J connectivity index is 2.56. The first-order chi connectivity index (χ1) is 8.15. The van der Waals surface area contributed by atoms with Crippen LogP contribution in [0.15, 0.2) is 12.3 Å². The quantitative estimate of drug-likeness (QED) is 0.856. The average Bonchev–Trinajstić information content (AvgIpc) is 2.84. The Morgan fingerprint density at radius 3 is 2.71 bits per heavy atom. The number of rotatable bonds is 4. The maximum absolute atomic E-state index is 4.23. The molecule has 0 saturated heterocycles. The normalized spacial score (nSPS) is 11.4. The van der Waals surface area contributed by atoms with Crippen molar-refractivity contribution in [3.8, 4) is 11.4 Å². The molecule has 0 spiro atoms. The molecule has 17 heavy (non-hydrogen) atoms. The Morgan fingerprint density at radius 1 is 1.41 bits per heavy atom. The fourth-order valence-electron chi connectivity index (χ4n) is 1.85. The average molecular weight is 234 g/mol. The Hall–Kier alpha value is -1.69. The molecule has 0 saturated carbocycles. The Morgan fingerprint density at radius 2 is 2.18 bits per heavy atom. The lowest BCUT2D eigenvalue weighted by molar-refractivity contribution is 0.517. The van der Waals surface area contributed by atoms with Gasteiger partial charge in [-0.25, -0.2) is 4.68 Å². The lowest BCUT2D eigenvalue weighted by Crippen LogP contribution is -2.10. The van der Waals surface area contributed by atoms with E-state index in [9.17, 15) is 0 Å². The highest BCUT2D eigenvalue weighted by Crippen LogP contribution is 2.24. The molecule has 2 rings (SSSR count). The first kappa shape index (κ1) is 11.8. The second-order valence-electron chi connectivity index (χ2n) is 4.29. The van der Waals surface area contributed by atoms with Crippen LogP contribution < -0.4 is 5.32 Å². The third-order valence-corrected chi connectivity index (χ3v) is 2.66. The largest absolute Gasteiger partial charge is 0.314 e. The van der Waals surface area contributed by atoms with Gasteiger partial charge in [0.2, 0.25) is 0 Å². The minimum absolute atomic E-state index is 0.276. The first-order valence-corrected chi connectivity index (χ1v) is 5.72. The summed E-state index contributed by atoms with van der Waals surface area (Å²) in [5, 5.41) is 15.8. The summed E-state index contributed by atoms with van der Waals surface area (Å²) in [5.74, 6) is 0. The molecule has 0 radical (unpaired) electrons. The highest BCUT2D eigenvalue weighted by Gasteiger charge is 2.18. The third-order valence-electron chi connectivity index (χ3n) is 2.66. The summed E-state index contributed by atoms with van der Waals surface area (Å²) in [6.45, 7) is 4.89. The van der Waals surface area contributed by atoms with Crippen molar-refractivity contribution in [1.29, 1.82) is 0 Å². The molecule has 0 aromatic carbocycles. The molecule has 92 valence electrons. The summed E-state index contributed by atoms with van der Waals surface area (Å²) in [7, 11) is 3.83. The van der Waals surface area contributed by atoms with Gasteiger partial charge < -0.3 is 5.32 Å². The van der Waals surface area contributed by atoms with Crippen molar-refractivity contribution >= 4 is 0 Å². The second kappa shape index (κ2) is 4.67. The van der Waals surface area contributed by atoms with Gasteiger partial charge in [-0.3, -0.25) is 4.68 Å². The molecular formula is C11H18N6. The molecule has 0 unspecified atom stereocenters. The van der Waals surface area contributed by atoms with Crippen molar-refractivity contribution < 1.29 is 0 Å². The number of hydrogen-bond donors (Lipinski definition) is 1. The van der Waals surface area contributed by atoms with Crippen molar-refractivity contribution in [3.05, 3.63) is 18.0 Å². The Labute approximate surface area is 101 Å². The molecule has 0 bridgehead atoms. The number of nitrogens with zero attached hydrogens (tertiary/aromatic N) is 5. The van der Waals surface area contributed by atoms with Crippen LogP contribution >= 0.6 is 0 Å². The number of nitrogens with one attached hydrogen (secondary N) is 1. The molecule has 0 aliphatic rings.